The number of anilines is 2. The van der Waals surface area contributed by atoms with Crippen molar-refractivity contribution in [3.05, 3.63) is 58.7 Å². The molecule has 0 radical (unpaired) electrons. The number of fused-ring (bicyclic) bond motifs is 2. The summed E-state index contributed by atoms with van der Waals surface area (Å²) in [7, 11) is 0. The zero-order valence-corrected chi connectivity index (χ0v) is 17.7. The topological polar surface area (TPSA) is 98.8 Å². The number of hydrogen-bond donors (Lipinski definition) is 2. The van der Waals surface area contributed by atoms with E-state index in [0.717, 1.165) is 6.07 Å². The van der Waals surface area contributed by atoms with Gasteiger partial charge in [-0.15, -0.1) is 0 Å². The van der Waals surface area contributed by atoms with Crippen LogP contribution in [0.25, 0.3) is 0 Å². The first-order valence-electron chi connectivity index (χ1n) is 10.7. The van der Waals surface area contributed by atoms with Gasteiger partial charge in [0, 0.05) is 36.4 Å². The lowest BCUT2D eigenvalue weighted by Gasteiger charge is -2.29. The molecule has 5 amide bonds. The summed E-state index contributed by atoms with van der Waals surface area (Å²) in [6.07, 6.45) is -4.02. The molecule has 34 heavy (non-hydrogen) atoms. The molecule has 2 aromatic carbocycles. The second-order valence-electron chi connectivity index (χ2n) is 8.40. The van der Waals surface area contributed by atoms with Gasteiger partial charge >= 0.3 is 12.2 Å². The van der Waals surface area contributed by atoms with E-state index in [4.69, 9.17) is 0 Å². The fourth-order valence-electron chi connectivity index (χ4n) is 4.75. The van der Waals surface area contributed by atoms with Crippen molar-refractivity contribution in [3.63, 3.8) is 0 Å². The van der Waals surface area contributed by atoms with Crippen LogP contribution < -0.4 is 15.5 Å². The van der Waals surface area contributed by atoms with Crippen molar-refractivity contribution in [2.45, 2.75) is 38.0 Å². The number of nitrogens with one attached hydrogen (secondary N) is 2. The Kier molecular flexibility index (Phi) is 5.07. The van der Waals surface area contributed by atoms with Gasteiger partial charge in [0.1, 0.15) is 6.04 Å². The highest BCUT2D eigenvalue weighted by molar-refractivity contribution is 6.06. The van der Waals surface area contributed by atoms with Crippen LogP contribution in [0.15, 0.2) is 36.4 Å². The average Bonchev–Trinajstić information content (AvgIpc) is 3.34. The second kappa shape index (κ2) is 7.86. The van der Waals surface area contributed by atoms with Crippen LogP contribution >= 0.6 is 0 Å². The molecule has 3 aliphatic rings. The van der Waals surface area contributed by atoms with Crippen LogP contribution in [-0.4, -0.2) is 41.2 Å². The van der Waals surface area contributed by atoms with Crippen molar-refractivity contribution < 1.29 is 32.3 Å². The molecule has 0 aromatic heterocycles. The summed E-state index contributed by atoms with van der Waals surface area (Å²) in [5.74, 6) is -1.23. The van der Waals surface area contributed by atoms with Gasteiger partial charge in [0.15, 0.2) is 0 Å². The number of rotatable bonds is 2. The summed E-state index contributed by atoms with van der Waals surface area (Å²) >= 11 is 0. The van der Waals surface area contributed by atoms with Gasteiger partial charge in [-0.1, -0.05) is 6.07 Å². The molecule has 1 fully saturated rings. The molecule has 5 rings (SSSR count). The Morgan fingerprint density at radius 2 is 1.88 bits per heavy atom. The summed E-state index contributed by atoms with van der Waals surface area (Å²) in [6, 6.07) is 7.12. The largest absolute Gasteiger partial charge is 0.416 e. The number of imide groups is 1. The maximum absolute atomic E-state index is 13.3. The van der Waals surface area contributed by atoms with Gasteiger partial charge in [0.25, 0.3) is 5.91 Å². The van der Waals surface area contributed by atoms with E-state index >= 15 is 0 Å². The molecule has 2 N–H and O–H groups in total. The molecule has 0 saturated carbocycles. The Labute approximate surface area is 191 Å². The number of benzene rings is 2. The van der Waals surface area contributed by atoms with Gasteiger partial charge < -0.3 is 10.2 Å². The van der Waals surface area contributed by atoms with Gasteiger partial charge in [0.05, 0.1) is 5.56 Å². The number of carbonyl (C=O) groups excluding carboxylic acids is 4. The molecule has 0 bridgehead atoms. The van der Waals surface area contributed by atoms with Crippen LogP contribution in [0, 0.1) is 0 Å². The highest BCUT2D eigenvalue weighted by Crippen LogP contribution is 2.39. The van der Waals surface area contributed by atoms with Gasteiger partial charge in [-0.3, -0.25) is 24.6 Å². The van der Waals surface area contributed by atoms with Crippen LogP contribution in [-0.2, 0) is 28.7 Å². The first-order valence-corrected chi connectivity index (χ1v) is 10.7. The van der Waals surface area contributed by atoms with Crippen molar-refractivity contribution in [2.75, 3.05) is 16.8 Å². The minimum atomic E-state index is -4.50. The number of halogens is 3. The molecular formula is C23H19F3N4O4. The second-order valence-corrected chi connectivity index (χ2v) is 8.40. The normalized spacial score (nSPS) is 19.7. The fourth-order valence-corrected chi connectivity index (χ4v) is 4.75. The number of amides is 5. The Bertz CT molecular complexity index is 1240. The maximum Gasteiger partial charge on any atom is 0.416 e. The molecule has 1 atom stereocenters. The summed E-state index contributed by atoms with van der Waals surface area (Å²) in [5, 5.41) is 4.93. The quantitative estimate of drug-likeness (QED) is 0.657. The van der Waals surface area contributed by atoms with Gasteiger partial charge in [-0.25, -0.2) is 4.79 Å². The molecular weight excluding hydrogens is 453 g/mol. The lowest BCUT2D eigenvalue weighted by Crippen LogP contribution is -2.52. The van der Waals surface area contributed by atoms with E-state index in [2.05, 4.69) is 10.6 Å². The van der Waals surface area contributed by atoms with E-state index < -0.39 is 29.7 Å². The predicted molar refractivity (Wildman–Crippen MR) is 114 cm³/mol. The van der Waals surface area contributed by atoms with E-state index in [-0.39, 0.29) is 55.4 Å². The molecule has 1 saturated heterocycles. The number of hydrogen-bond acceptors (Lipinski definition) is 4. The Balaban J connectivity index is 1.32. The minimum Gasteiger partial charge on any atom is -0.322 e. The first-order chi connectivity index (χ1) is 16.1. The predicted octanol–water partition coefficient (Wildman–Crippen LogP) is 3.06. The van der Waals surface area contributed by atoms with Gasteiger partial charge in [-0.2, -0.15) is 13.2 Å². The number of nitrogens with zero attached hydrogens (tertiary/aromatic N) is 2. The molecule has 3 aliphatic heterocycles. The van der Waals surface area contributed by atoms with Crippen LogP contribution in [0.4, 0.5) is 29.3 Å². The molecule has 176 valence electrons. The van der Waals surface area contributed by atoms with Crippen molar-refractivity contribution in [1.29, 1.82) is 0 Å². The maximum atomic E-state index is 13.3. The molecule has 8 nitrogen and oxygen atoms in total. The first kappa shape index (κ1) is 21.9. The van der Waals surface area contributed by atoms with Crippen molar-refractivity contribution in [1.82, 2.24) is 10.2 Å². The highest BCUT2D eigenvalue weighted by Gasteiger charge is 2.40. The lowest BCUT2D eigenvalue weighted by atomic mass is 10.0. The van der Waals surface area contributed by atoms with Gasteiger partial charge in [-0.05, 0) is 54.3 Å². The van der Waals surface area contributed by atoms with Crippen LogP contribution in [0.1, 0.15) is 39.9 Å². The van der Waals surface area contributed by atoms with Crippen molar-refractivity contribution >= 4 is 35.1 Å². The molecule has 2 aromatic rings. The van der Waals surface area contributed by atoms with E-state index in [0.29, 0.717) is 16.8 Å². The Morgan fingerprint density at radius 1 is 1.09 bits per heavy atom. The smallest absolute Gasteiger partial charge is 0.322 e. The van der Waals surface area contributed by atoms with Crippen molar-refractivity contribution in [3.8, 4) is 0 Å². The van der Waals surface area contributed by atoms with E-state index in [1.54, 1.807) is 12.1 Å². The minimum absolute atomic E-state index is 0.0876. The summed E-state index contributed by atoms with van der Waals surface area (Å²) in [4.78, 5) is 51.9. The molecule has 0 spiro atoms. The Morgan fingerprint density at radius 3 is 2.62 bits per heavy atom. The van der Waals surface area contributed by atoms with Gasteiger partial charge in [0.2, 0.25) is 11.8 Å². The van der Waals surface area contributed by atoms with Crippen LogP contribution in [0.2, 0.25) is 0 Å². The van der Waals surface area contributed by atoms with E-state index in [1.807, 2.05) is 0 Å². The van der Waals surface area contributed by atoms with E-state index in [9.17, 15) is 32.3 Å². The molecule has 3 heterocycles. The number of alkyl halides is 3. The third-order valence-corrected chi connectivity index (χ3v) is 6.35. The number of piperidine rings is 1. The lowest BCUT2D eigenvalue weighted by molar-refractivity contribution is -0.138. The monoisotopic (exact) mass is 472 g/mol. The van der Waals surface area contributed by atoms with Crippen molar-refractivity contribution in [2.24, 2.45) is 0 Å². The zero-order chi connectivity index (χ0) is 24.2. The fraction of sp³-hybridized carbons (Fsp3) is 0.304. The summed E-state index contributed by atoms with van der Waals surface area (Å²) in [6.45, 7) is 0.257. The third-order valence-electron chi connectivity index (χ3n) is 6.35. The standard InChI is InChI=1S/C23H19F3N4O4/c24-23(25,26)16-2-1-3-17-15(16)8-9-29(17)22(34)27-13-4-5-14-12(10-13)11-30(21(14)33)18-6-7-19(31)28-20(18)32/h1-5,10,18H,6-9,11H2,(H,27,34)(H,28,31,32). The van der Waals surface area contributed by atoms with Crippen LogP contribution in [0.5, 0.6) is 0 Å². The average molecular weight is 472 g/mol. The highest BCUT2D eigenvalue weighted by atomic mass is 19.4. The molecule has 1 unspecified atom stereocenters. The summed E-state index contributed by atoms with van der Waals surface area (Å²) in [5.41, 5.74) is 0.932. The van der Waals surface area contributed by atoms with E-state index in [1.165, 1.54) is 28.0 Å². The van der Waals surface area contributed by atoms with Crippen LogP contribution in [0.3, 0.4) is 0 Å². The number of urea groups is 1. The summed E-state index contributed by atoms with van der Waals surface area (Å²) < 4.78 is 39.9. The molecule has 0 aliphatic carbocycles. The molecule has 11 heteroatoms. The Hall–Kier alpha value is -3.89. The third kappa shape index (κ3) is 3.66. The number of carbonyl (C=O) groups is 4. The SMILES string of the molecule is O=C1CCC(N2Cc3cc(NC(=O)N4CCc5c4cccc5C(F)(F)F)ccc3C2=O)C(=O)N1. The zero-order valence-electron chi connectivity index (χ0n) is 17.7.